The Morgan fingerprint density at radius 2 is 2.37 bits per heavy atom. The largest absolute Gasteiger partial charge is 0.512 e. The van der Waals surface area contributed by atoms with Gasteiger partial charge in [0.2, 0.25) is 5.91 Å². The number of carbonyl (C=O) groups is 1. The number of hydrogen-bond acceptors (Lipinski definition) is 4. The van der Waals surface area contributed by atoms with E-state index in [1.807, 2.05) is 0 Å². The van der Waals surface area contributed by atoms with Crippen molar-refractivity contribution in [2.75, 3.05) is 11.9 Å². The van der Waals surface area contributed by atoms with Gasteiger partial charge in [0.15, 0.2) is 13.7 Å². The number of rotatable bonds is 1. The highest BCUT2D eigenvalue weighted by molar-refractivity contribution is 6.29. The molecule has 2 heterocycles. The molecular weight excluding hydrogens is 243 g/mol. The molecule has 0 saturated carbocycles. The van der Waals surface area contributed by atoms with Crippen LogP contribution >= 0.6 is 0 Å². The molecule has 1 aliphatic rings. The van der Waals surface area contributed by atoms with Crippen LogP contribution in [0.15, 0.2) is 12.1 Å². The standard InChI is InChI=1S/C12H13BN4O2/c1-3-4-5-17-8-6-10(19)14-9(7-18)16(2)11(8)15-12(17)13/h7,18H,5-6H2,1-2H3,(H,14,19)/b9-7+. The van der Waals surface area contributed by atoms with Gasteiger partial charge in [0.25, 0.3) is 0 Å². The number of imidazole rings is 1. The Labute approximate surface area is 112 Å². The molecule has 0 bridgehead atoms. The average Bonchev–Trinajstić information content (AvgIpc) is 2.63. The van der Waals surface area contributed by atoms with Gasteiger partial charge in [-0.1, -0.05) is 5.92 Å². The molecule has 0 aliphatic carbocycles. The molecule has 2 rings (SSSR count). The summed E-state index contributed by atoms with van der Waals surface area (Å²) < 4.78 is 1.70. The minimum absolute atomic E-state index is 0.132. The topological polar surface area (TPSA) is 70.4 Å². The van der Waals surface area contributed by atoms with Crippen molar-refractivity contribution < 1.29 is 9.90 Å². The van der Waals surface area contributed by atoms with E-state index >= 15 is 0 Å². The molecule has 0 atom stereocenters. The fourth-order valence-corrected chi connectivity index (χ4v) is 1.93. The fourth-order valence-electron chi connectivity index (χ4n) is 1.93. The number of aliphatic hydroxyl groups excluding tert-OH is 1. The number of hydrogen-bond donors (Lipinski definition) is 2. The first-order valence-corrected chi connectivity index (χ1v) is 5.71. The van der Waals surface area contributed by atoms with Crippen molar-refractivity contribution in [1.82, 2.24) is 14.9 Å². The molecule has 7 heteroatoms. The van der Waals surface area contributed by atoms with Gasteiger partial charge in [0, 0.05) is 7.05 Å². The van der Waals surface area contributed by atoms with Gasteiger partial charge in [0.1, 0.15) is 12.1 Å². The Kier molecular flexibility index (Phi) is 3.51. The number of carbonyl (C=O) groups excluding carboxylic acids is 1. The van der Waals surface area contributed by atoms with Crippen LogP contribution in [0, 0.1) is 11.8 Å². The van der Waals surface area contributed by atoms with Gasteiger partial charge in [-0.2, -0.15) is 0 Å². The minimum atomic E-state index is -0.239. The van der Waals surface area contributed by atoms with E-state index < -0.39 is 0 Å². The second-order valence-electron chi connectivity index (χ2n) is 4.05. The van der Waals surface area contributed by atoms with Crippen LogP contribution in [-0.4, -0.2) is 35.5 Å². The van der Waals surface area contributed by atoms with E-state index in [0.717, 1.165) is 6.26 Å². The Balaban J connectivity index is 2.54. The zero-order valence-corrected chi connectivity index (χ0v) is 10.8. The predicted octanol–water partition coefficient (Wildman–Crippen LogP) is -0.834. The molecule has 1 aromatic rings. The van der Waals surface area contributed by atoms with Crippen LogP contribution in [0.3, 0.4) is 0 Å². The Morgan fingerprint density at radius 3 is 3.00 bits per heavy atom. The highest BCUT2D eigenvalue weighted by Crippen LogP contribution is 2.22. The maximum atomic E-state index is 11.8. The van der Waals surface area contributed by atoms with Gasteiger partial charge in [0.05, 0.1) is 24.4 Å². The molecule has 96 valence electrons. The Morgan fingerprint density at radius 1 is 1.63 bits per heavy atom. The van der Waals surface area contributed by atoms with Crippen molar-refractivity contribution in [1.29, 1.82) is 0 Å². The van der Waals surface area contributed by atoms with Gasteiger partial charge >= 0.3 is 0 Å². The van der Waals surface area contributed by atoms with Gasteiger partial charge in [-0.05, 0) is 6.92 Å². The summed E-state index contributed by atoms with van der Waals surface area (Å²) in [5.41, 5.74) is 0.976. The molecule has 2 N–H and O–H groups in total. The molecule has 0 spiro atoms. The number of fused-ring (bicyclic) bond motifs is 1. The molecule has 0 saturated heterocycles. The van der Waals surface area contributed by atoms with Gasteiger partial charge in [-0.3, -0.25) is 4.79 Å². The third-order valence-electron chi connectivity index (χ3n) is 2.89. The third kappa shape index (κ3) is 2.29. The van der Waals surface area contributed by atoms with Crippen LogP contribution in [0.25, 0.3) is 0 Å². The first kappa shape index (κ1) is 13.1. The van der Waals surface area contributed by atoms with E-state index in [1.165, 1.54) is 0 Å². The number of aromatic nitrogens is 2. The molecule has 0 aromatic carbocycles. The van der Waals surface area contributed by atoms with E-state index in [4.69, 9.17) is 13.0 Å². The van der Waals surface area contributed by atoms with E-state index in [2.05, 4.69) is 22.1 Å². The quantitative estimate of drug-likeness (QED) is 0.390. The number of aliphatic hydroxyl groups is 1. The molecule has 6 nitrogen and oxygen atoms in total. The summed E-state index contributed by atoms with van der Waals surface area (Å²) in [6.07, 6.45) is 0.959. The van der Waals surface area contributed by atoms with Crippen molar-refractivity contribution >= 4 is 25.3 Å². The van der Waals surface area contributed by atoms with Crippen molar-refractivity contribution in [3.63, 3.8) is 0 Å². The highest BCUT2D eigenvalue weighted by atomic mass is 16.2. The van der Waals surface area contributed by atoms with Crippen molar-refractivity contribution in [3.05, 3.63) is 17.8 Å². The van der Waals surface area contributed by atoms with Crippen LogP contribution in [-0.2, 0) is 17.8 Å². The smallest absolute Gasteiger partial charge is 0.231 e. The normalized spacial score (nSPS) is 16.4. The fraction of sp³-hybridized carbons (Fsp3) is 0.333. The lowest BCUT2D eigenvalue weighted by atomic mass is 10.1. The lowest BCUT2D eigenvalue weighted by molar-refractivity contribution is -0.119. The van der Waals surface area contributed by atoms with E-state index in [9.17, 15) is 4.79 Å². The first-order chi connectivity index (χ1) is 9.08. The molecule has 1 aliphatic heterocycles. The highest BCUT2D eigenvalue weighted by Gasteiger charge is 2.26. The SMILES string of the molecule is [B]c1nc2c(n1CC#CC)CC(=O)N/C(=C\O)N2C. The van der Waals surface area contributed by atoms with Gasteiger partial charge in [-0.25, -0.2) is 4.98 Å². The number of nitrogens with zero attached hydrogens (tertiary/aromatic N) is 3. The first-order valence-electron chi connectivity index (χ1n) is 5.71. The Bertz CT molecular complexity index is 609. The van der Waals surface area contributed by atoms with Crippen LogP contribution in [0.1, 0.15) is 12.6 Å². The molecule has 1 amide bonds. The van der Waals surface area contributed by atoms with E-state index in [1.54, 1.807) is 23.4 Å². The maximum absolute atomic E-state index is 11.8. The van der Waals surface area contributed by atoms with Crippen molar-refractivity contribution in [2.24, 2.45) is 0 Å². The van der Waals surface area contributed by atoms with Crippen LogP contribution in [0.5, 0.6) is 0 Å². The lowest BCUT2D eigenvalue weighted by Crippen LogP contribution is -2.32. The van der Waals surface area contributed by atoms with Crippen LogP contribution < -0.4 is 15.9 Å². The second-order valence-corrected chi connectivity index (χ2v) is 4.05. The molecule has 0 unspecified atom stereocenters. The molecule has 0 fully saturated rings. The monoisotopic (exact) mass is 256 g/mol. The summed E-state index contributed by atoms with van der Waals surface area (Å²) in [4.78, 5) is 17.6. The molecular formula is C12H13BN4O2. The van der Waals surface area contributed by atoms with Crippen LogP contribution in [0.2, 0.25) is 0 Å². The summed E-state index contributed by atoms with van der Waals surface area (Å²) in [6, 6.07) is 0. The summed E-state index contributed by atoms with van der Waals surface area (Å²) in [7, 11) is 7.54. The lowest BCUT2D eigenvalue weighted by Gasteiger charge is -2.17. The Hall–Kier alpha value is -2.36. The second kappa shape index (κ2) is 5.10. The summed E-state index contributed by atoms with van der Waals surface area (Å²) in [6.45, 7) is 2.11. The summed E-state index contributed by atoms with van der Waals surface area (Å²) in [5, 5.41) is 11.7. The molecule has 1 aromatic heterocycles. The van der Waals surface area contributed by atoms with Crippen LogP contribution in [0.4, 0.5) is 5.82 Å². The zero-order valence-electron chi connectivity index (χ0n) is 10.8. The molecule has 2 radical (unpaired) electrons. The summed E-state index contributed by atoms with van der Waals surface area (Å²) in [5.74, 6) is 6.23. The van der Waals surface area contributed by atoms with Gasteiger partial charge < -0.3 is 19.9 Å². The maximum Gasteiger partial charge on any atom is 0.231 e. The third-order valence-corrected chi connectivity index (χ3v) is 2.89. The number of anilines is 1. The zero-order chi connectivity index (χ0) is 14.0. The van der Waals surface area contributed by atoms with E-state index in [-0.39, 0.29) is 18.1 Å². The van der Waals surface area contributed by atoms with Crippen molar-refractivity contribution in [3.8, 4) is 11.8 Å². The minimum Gasteiger partial charge on any atom is -0.512 e. The summed E-state index contributed by atoms with van der Waals surface area (Å²) >= 11 is 0. The van der Waals surface area contributed by atoms with Gasteiger partial charge in [-0.15, -0.1) is 5.92 Å². The number of amides is 1. The number of nitrogens with one attached hydrogen (secondary N) is 1. The predicted molar refractivity (Wildman–Crippen MR) is 72.0 cm³/mol. The average molecular weight is 256 g/mol. The van der Waals surface area contributed by atoms with E-state index in [0.29, 0.717) is 23.8 Å². The van der Waals surface area contributed by atoms with Crippen molar-refractivity contribution in [2.45, 2.75) is 19.9 Å². The molecule has 19 heavy (non-hydrogen) atoms.